The van der Waals surface area contributed by atoms with E-state index < -0.39 is 16.5 Å². The fourth-order valence-corrected chi connectivity index (χ4v) is 1.56. The maximum Gasteiger partial charge on any atom is 0.355 e. The smallest absolute Gasteiger partial charge is 0.355 e. The SMILES string of the molecule is CC[C@H]1OC(=O)[C@](F)(Br)[C@@H]1C. The fourth-order valence-electron chi connectivity index (χ4n) is 1.17. The van der Waals surface area contributed by atoms with Crippen LogP contribution in [0.3, 0.4) is 0 Å². The Hall–Kier alpha value is -0.120. The number of hydrogen-bond acceptors (Lipinski definition) is 2. The van der Waals surface area contributed by atoms with E-state index in [9.17, 15) is 9.18 Å². The molecule has 0 spiro atoms. The predicted octanol–water partition coefficient (Wildman–Crippen LogP) is 2.02. The molecule has 1 heterocycles. The molecule has 64 valence electrons. The second kappa shape index (κ2) is 2.73. The van der Waals surface area contributed by atoms with Crippen LogP contribution in [-0.4, -0.2) is 16.7 Å². The number of esters is 1. The van der Waals surface area contributed by atoms with Crippen LogP contribution in [0.5, 0.6) is 0 Å². The summed E-state index contributed by atoms with van der Waals surface area (Å²) in [7, 11) is 0. The van der Waals surface area contributed by atoms with Gasteiger partial charge in [-0.1, -0.05) is 13.8 Å². The molecule has 0 unspecified atom stereocenters. The van der Waals surface area contributed by atoms with Crippen molar-refractivity contribution < 1.29 is 13.9 Å². The third kappa shape index (κ3) is 1.28. The second-order valence-corrected chi connectivity index (χ2v) is 3.92. The van der Waals surface area contributed by atoms with Crippen LogP contribution in [0.25, 0.3) is 0 Å². The summed E-state index contributed by atoms with van der Waals surface area (Å²) >= 11 is 2.71. The number of carbonyl (C=O) groups excluding carboxylic acids is 1. The zero-order valence-electron chi connectivity index (χ0n) is 6.43. The number of alkyl halides is 2. The summed E-state index contributed by atoms with van der Waals surface area (Å²) < 4.78 is 16.1. The Labute approximate surface area is 73.2 Å². The van der Waals surface area contributed by atoms with E-state index in [0.29, 0.717) is 6.42 Å². The third-order valence-electron chi connectivity index (χ3n) is 2.06. The molecule has 0 saturated carbocycles. The number of halogens is 2. The monoisotopic (exact) mass is 224 g/mol. The van der Waals surface area contributed by atoms with Crippen LogP contribution in [0.15, 0.2) is 0 Å². The van der Waals surface area contributed by atoms with Gasteiger partial charge in [-0.3, -0.25) is 0 Å². The highest BCUT2D eigenvalue weighted by molar-refractivity contribution is 9.10. The number of carbonyl (C=O) groups is 1. The van der Waals surface area contributed by atoms with Gasteiger partial charge in [-0.05, 0) is 22.4 Å². The first kappa shape index (κ1) is 8.97. The van der Waals surface area contributed by atoms with Crippen molar-refractivity contribution in [1.29, 1.82) is 0 Å². The van der Waals surface area contributed by atoms with Crippen molar-refractivity contribution >= 4 is 21.9 Å². The summed E-state index contributed by atoms with van der Waals surface area (Å²) in [6.07, 6.45) is 0.372. The Morgan fingerprint density at radius 3 is 2.55 bits per heavy atom. The van der Waals surface area contributed by atoms with Crippen LogP contribution in [0.4, 0.5) is 4.39 Å². The molecule has 1 rings (SSSR count). The maximum atomic E-state index is 13.3. The highest BCUT2D eigenvalue weighted by atomic mass is 79.9. The first-order valence-corrected chi connectivity index (χ1v) is 4.38. The van der Waals surface area contributed by atoms with Crippen molar-refractivity contribution in [3.05, 3.63) is 0 Å². The molecule has 1 aliphatic heterocycles. The molecule has 1 saturated heterocycles. The number of hydrogen-bond donors (Lipinski definition) is 0. The second-order valence-electron chi connectivity index (χ2n) is 2.76. The lowest BCUT2D eigenvalue weighted by molar-refractivity contribution is -0.146. The van der Waals surface area contributed by atoms with Crippen molar-refractivity contribution in [1.82, 2.24) is 0 Å². The molecule has 4 heteroatoms. The van der Waals surface area contributed by atoms with Crippen LogP contribution in [0.1, 0.15) is 20.3 Å². The Kier molecular flexibility index (Phi) is 2.23. The minimum atomic E-state index is -1.96. The van der Waals surface area contributed by atoms with Gasteiger partial charge in [-0.15, -0.1) is 0 Å². The number of cyclic esters (lactones) is 1. The molecule has 0 amide bonds. The van der Waals surface area contributed by atoms with E-state index in [1.54, 1.807) is 6.92 Å². The lowest BCUT2D eigenvalue weighted by Gasteiger charge is -2.14. The molecule has 0 bridgehead atoms. The third-order valence-corrected chi connectivity index (χ3v) is 3.11. The van der Waals surface area contributed by atoms with E-state index in [1.165, 1.54) is 0 Å². The van der Waals surface area contributed by atoms with Crippen molar-refractivity contribution in [2.45, 2.75) is 31.0 Å². The topological polar surface area (TPSA) is 26.3 Å². The van der Waals surface area contributed by atoms with Gasteiger partial charge in [0.15, 0.2) is 0 Å². The minimum absolute atomic E-state index is 0.285. The fraction of sp³-hybridized carbons (Fsp3) is 0.857. The standard InChI is InChI=1S/C7H10BrFO2/c1-3-5-4(2)7(8,9)6(10)11-5/h4-5H,3H2,1-2H3/t4-,5-,7+/m1/s1. The van der Waals surface area contributed by atoms with Gasteiger partial charge in [-0.25, -0.2) is 9.18 Å². The van der Waals surface area contributed by atoms with E-state index in [1.807, 2.05) is 6.92 Å². The Morgan fingerprint density at radius 2 is 2.36 bits per heavy atom. The van der Waals surface area contributed by atoms with Gasteiger partial charge in [0, 0.05) is 5.92 Å². The van der Waals surface area contributed by atoms with Crippen molar-refractivity contribution in [2.75, 3.05) is 0 Å². The zero-order chi connectivity index (χ0) is 8.65. The van der Waals surface area contributed by atoms with Crippen LogP contribution in [0.2, 0.25) is 0 Å². The molecule has 0 aliphatic carbocycles. The van der Waals surface area contributed by atoms with Crippen LogP contribution in [0, 0.1) is 5.92 Å². The van der Waals surface area contributed by atoms with Crippen LogP contribution in [-0.2, 0) is 9.53 Å². The lowest BCUT2D eigenvalue weighted by Crippen LogP contribution is -2.28. The zero-order valence-corrected chi connectivity index (χ0v) is 8.02. The summed E-state index contributed by atoms with van der Waals surface area (Å²) in [6, 6.07) is 0. The summed E-state index contributed by atoms with van der Waals surface area (Å²) in [5.74, 6) is -1.20. The Bertz CT molecular complexity index is 181. The molecular weight excluding hydrogens is 215 g/mol. The van der Waals surface area contributed by atoms with Gasteiger partial charge >= 0.3 is 5.97 Å². The molecule has 0 radical (unpaired) electrons. The van der Waals surface area contributed by atoms with Crippen molar-refractivity contribution in [3.8, 4) is 0 Å². The summed E-state index contributed by atoms with van der Waals surface area (Å²) in [5.41, 5.74) is 0. The molecule has 3 atom stereocenters. The van der Waals surface area contributed by atoms with Crippen LogP contribution < -0.4 is 0 Å². The van der Waals surface area contributed by atoms with E-state index in [0.717, 1.165) is 0 Å². The first-order valence-electron chi connectivity index (χ1n) is 3.59. The summed E-state index contributed by atoms with van der Waals surface area (Å²) in [5, 5.41) is 0. The normalized spacial score (nSPS) is 44.2. The van der Waals surface area contributed by atoms with Gasteiger partial charge < -0.3 is 4.74 Å². The first-order chi connectivity index (χ1) is 5.00. The molecule has 0 aromatic heterocycles. The summed E-state index contributed by atoms with van der Waals surface area (Å²) in [4.78, 5) is 10.8. The van der Waals surface area contributed by atoms with Crippen molar-refractivity contribution in [3.63, 3.8) is 0 Å². The number of rotatable bonds is 1. The highest BCUT2D eigenvalue weighted by Crippen LogP contribution is 2.41. The lowest BCUT2D eigenvalue weighted by atomic mass is 10.0. The maximum absolute atomic E-state index is 13.3. The van der Waals surface area contributed by atoms with E-state index in [4.69, 9.17) is 4.74 Å². The molecule has 0 N–H and O–H groups in total. The van der Waals surface area contributed by atoms with E-state index in [-0.39, 0.29) is 6.10 Å². The van der Waals surface area contributed by atoms with Crippen molar-refractivity contribution in [2.24, 2.45) is 5.92 Å². The molecule has 1 aliphatic rings. The van der Waals surface area contributed by atoms with Gasteiger partial charge in [-0.2, -0.15) is 0 Å². The quantitative estimate of drug-likeness (QED) is 0.504. The molecule has 0 aromatic carbocycles. The average Bonchev–Trinajstić information content (AvgIpc) is 2.14. The van der Waals surface area contributed by atoms with Crippen LogP contribution >= 0.6 is 15.9 Å². The van der Waals surface area contributed by atoms with E-state index in [2.05, 4.69) is 15.9 Å². The largest absolute Gasteiger partial charge is 0.459 e. The molecule has 1 fully saturated rings. The summed E-state index contributed by atoms with van der Waals surface area (Å²) in [6.45, 7) is 3.52. The minimum Gasteiger partial charge on any atom is -0.459 e. The number of ether oxygens (including phenoxy) is 1. The molecule has 11 heavy (non-hydrogen) atoms. The van der Waals surface area contributed by atoms with Gasteiger partial charge in [0.1, 0.15) is 6.10 Å². The molecule has 2 nitrogen and oxygen atoms in total. The van der Waals surface area contributed by atoms with Gasteiger partial charge in [0.05, 0.1) is 0 Å². The average molecular weight is 225 g/mol. The van der Waals surface area contributed by atoms with E-state index >= 15 is 0 Å². The molecular formula is C7H10BrFO2. The highest BCUT2D eigenvalue weighted by Gasteiger charge is 2.53. The molecule has 0 aromatic rings. The van der Waals surface area contributed by atoms with Gasteiger partial charge in [0.25, 0.3) is 4.58 Å². The Balaban J connectivity index is 2.80. The van der Waals surface area contributed by atoms with Gasteiger partial charge in [0.2, 0.25) is 0 Å². The predicted molar refractivity (Wildman–Crippen MR) is 42.1 cm³/mol. The Morgan fingerprint density at radius 1 is 1.82 bits per heavy atom.